The summed E-state index contributed by atoms with van der Waals surface area (Å²) in [5.41, 5.74) is 4.59. The monoisotopic (exact) mass is 548 g/mol. The fraction of sp³-hybridized carbons (Fsp3) is 0.241. The minimum Gasteiger partial charge on any atom is -0.454 e. The Kier molecular flexibility index (Phi) is 6.00. The summed E-state index contributed by atoms with van der Waals surface area (Å²) in [6.45, 7) is 0.864. The van der Waals surface area contributed by atoms with Crippen LogP contribution in [-0.2, 0) is 23.9 Å². The van der Waals surface area contributed by atoms with E-state index in [2.05, 4.69) is 5.32 Å². The van der Waals surface area contributed by atoms with Crippen molar-refractivity contribution in [3.8, 4) is 0 Å². The molecule has 0 radical (unpaired) electrons. The summed E-state index contributed by atoms with van der Waals surface area (Å²) < 4.78 is 5.19. The van der Waals surface area contributed by atoms with Crippen molar-refractivity contribution in [1.82, 2.24) is 4.90 Å². The van der Waals surface area contributed by atoms with E-state index in [1.165, 1.54) is 19.1 Å². The Balaban J connectivity index is 1.20. The van der Waals surface area contributed by atoms with Crippen molar-refractivity contribution in [2.75, 3.05) is 11.9 Å². The van der Waals surface area contributed by atoms with Crippen LogP contribution in [0.25, 0.3) is 0 Å². The molecule has 9 heteroatoms. The van der Waals surface area contributed by atoms with Gasteiger partial charge in [0, 0.05) is 17.5 Å². The number of hydrogen-bond acceptors (Lipinski definition) is 5. The summed E-state index contributed by atoms with van der Waals surface area (Å²) in [6.07, 6.45) is 0. The molecule has 1 saturated heterocycles. The normalized spacial score (nSPS) is 23.4. The summed E-state index contributed by atoms with van der Waals surface area (Å²) in [7, 11) is 0. The molecule has 192 valence electrons. The van der Waals surface area contributed by atoms with Gasteiger partial charge in [-0.2, -0.15) is 0 Å². The second-order valence-corrected chi connectivity index (χ2v) is 10.6. The molecule has 3 aliphatic carbocycles. The molecule has 3 atom stereocenters. The van der Waals surface area contributed by atoms with Crippen molar-refractivity contribution in [2.24, 2.45) is 11.8 Å². The zero-order valence-electron chi connectivity index (χ0n) is 20.2. The fourth-order valence-electron chi connectivity index (χ4n) is 6.22. The lowest BCUT2D eigenvalue weighted by molar-refractivity contribution is -0.159. The smallest absolute Gasteiger partial charge is 0.329 e. The van der Waals surface area contributed by atoms with E-state index in [9.17, 15) is 19.2 Å². The van der Waals surface area contributed by atoms with Crippen LogP contribution in [0.15, 0.2) is 66.7 Å². The second kappa shape index (κ2) is 9.26. The van der Waals surface area contributed by atoms with E-state index in [1.54, 1.807) is 6.07 Å². The second-order valence-electron chi connectivity index (χ2n) is 9.77. The molecular weight excluding hydrogens is 527 g/mol. The first-order valence-electron chi connectivity index (χ1n) is 12.2. The average molecular weight is 549 g/mol. The van der Waals surface area contributed by atoms with Gasteiger partial charge in [0.15, 0.2) is 6.61 Å². The summed E-state index contributed by atoms with van der Waals surface area (Å²) in [4.78, 5) is 53.7. The summed E-state index contributed by atoms with van der Waals surface area (Å²) in [5.74, 6) is -3.92. The third-order valence-electron chi connectivity index (χ3n) is 7.76. The van der Waals surface area contributed by atoms with Crippen LogP contribution in [-0.4, -0.2) is 41.2 Å². The highest BCUT2D eigenvalue weighted by atomic mass is 35.5. The molecule has 0 aromatic heterocycles. The van der Waals surface area contributed by atoms with E-state index >= 15 is 0 Å². The largest absolute Gasteiger partial charge is 0.454 e. The van der Waals surface area contributed by atoms with Crippen LogP contribution in [0.4, 0.5) is 5.69 Å². The number of imide groups is 1. The Morgan fingerprint density at radius 2 is 1.34 bits per heavy atom. The quantitative estimate of drug-likeness (QED) is 0.366. The first-order chi connectivity index (χ1) is 18.3. The van der Waals surface area contributed by atoms with Gasteiger partial charge in [0.2, 0.25) is 11.8 Å². The molecule has 3 aromatic carbocycles. The predicted octanol–water partition coefficient (Wildman–Crippen LogP) is 4.76. The van der Waals surface area contributed by atoms with Gasteiger partial charge < -0.3 is 10.1 Å². The highest BCUT2D eigenvalue weighted by molar-refractivity contribution is 6.42. The molecule has 0 saturated carbocycles. The number of ether oxygens (including phenoxy) is 1. The number of amides is 3. The molecule has 1 N–H and O–H groups in total. The number of likely N-dealkylation sites (tertiary alicyclic amines) is 1. The molecule has 3 aromatic rings. The van der Waals surface area contributed by atoms with Crippen LogP contribution < -0.4 is 5.32 Å². The van der Waals surface area contributed by atoms with Crippen LogP contribution in [0, 0.1) is 11.8 Å². The molecular formula is C29H22Cl2N2O5. The highest BCUT2D eigenvalue weighted by Gasteiger charge is 2.62. The maximum atomic E-state index is 13.7. The Morgan fingerprint density at radius 1 is 0.842 bits per heavy atom. The maximum Gasteiger partial charge on any atom is 0.329 e. The van der Waals surface area contributed by atoms with Gasteiger partial charge in [-0.1, -0.05) is 71.7 Å². The number of benzene rings is 3. The van der Waals surface area contributed by atoms with E-state index in [1.807, 2.05) is 48.5 Å². The minimum atomic E-state index is -1.18. The molecule has 7 rings (SSSR count). The molecule has 0 unspecified atom stereocenters. The Morgan fingerprint density at radius 3 is 1.82 bits per heavy atom. The molecule has 1 heterocycles. The Hall–Kier alpha value is -3.68. The van der Waals surface area contributed by atoms with Crippen LogP contribution >= 0.6 is 23.2 Å². The van der Waals surface area contributed by atoms with E-state index in [0.717, 1.165) is 27.2 Å². The van der Waals surface area contributed by atoms with Gasteiger partial charge in [0.1, 0.15) is 6.04 Å². The van der Waals surface area contributed by atoms with E-state index in [4.69, 9.17) is 27.9 Å². The van der Waals surface area contributed by atoms with E-state index in [0.29, 0.717) is 10.7 Å². The maximum absolute atomic E-state index is 13.7. The molecule has 4 aliphatic rings. The zero-order valence-corrected chi connectivity index (χ0v) is 21.7. The lowest BCUT2D eigenvalue weighted by Crippen LogP contribution is -2.45. The molecule has 38 heavy (non-hydrogen) atoms. The number of nitrogens with zero attached hydrogens (tertiary/aromatic N) is 1. The molecule has 0 spiro atoms. The lowest BCUT2D eigenvalue weighted by Gasteiger charge is -2.45. The van der Waals surface area contributed by atoms with Crippen molar-refractivity contribution in [3.05, 3.63) is 99.0 Å². The van der Waals surface area contributed by atoms with Crippen LogP contribution in [0.3, 0.4) is 0 Å². The van der Waals surface area contributed by atoms with Gasteiger partial charge in [-0.15, -0.1) is 0 Å². The number of carbonyl (C=O) groups excluding carboxylic acids is 4. The number of anilines is 1. The third kappa shape index (κ3) is 3.72. The predicted molar refractivity (Wildman–Crippen MR) is 141 cm³/mol. The van der Waals surface area contributed by atoms with Gasteiger partial charge in [-0.25, -0.2) is 4.79 Å². The van der Waals surface area contributed by atoms with Crippen molar-refractivity contribution >= 4 is 52.6 Å². The van der Waals surface area contributed by atoms with E-state index in [-0.39, 0.29) is 28.7 Å². The average Bonchev–Trinajstić information content (AvgIpc) is 3.19. The van der Waals surface area contributed by atoms with Gasteiger partial charge in [-0.3, -0.25) is 19.3 Å². The first kappa shape index (κ1) is 24.6. The number of esters is 1. The number of halogens is 2. The van der Waals surface area contributed by atoms with Crippen molar-refractivity contribution < 1.29 is 23.9 Å². The summed E-state index contributed by atoms with van der Waals surface area (Å²) in [6, 6.07) is 19.2. The molecule has 3 amide bonds. The minimum absolute atomic E-state index is 0.265. The number of nitrogens with one attached hydrogen (secondary N) is 1. The van der Waals surface area contributed by atoms with Crippen molar-refractivity contribution in [3.63, 3.8) is 0 Å². The standard InChI is InChI=1S/C29H22Cl2N2O5/c1-14(29(37)38-13-22(34)32-15-10-11-20(30)21(31)12-15)33-27(35)25-23-16-6-2-3-7-17(16)24(26(25)28(33)36)19-9-5-4-8-18(19)23/h2-12,14,23-26H,13H2,1H3,(H,32,34)/t14-,23?,24?,25-,26-/m1/s1. The number of carbonyl (C=O) groups is 4. The highest BCUT2D eigenvalue weighted by Crippen LogP contribution is 2.61. The Labute approximate surface area is 228 Å². The molecule has 1 aliphatic heterocycles. The SMILES string of the molecule is C[C@H](C(=O)OCC(=O)Nc1ccc(Cl)c(Cl)c1)N1C(=O)[C@@H]2C3c4ccccc4C(c4ccccc43)[C@H]2C1=O. The lowest BCUT2D eigenvalue weighted by atomic mass is 9.55. The van der Waals surface area contributed by atoms with Crippen LogP contribution in [0.5, 0.6) is 0 Å². The molecule has 2 bridgehead atoms. The van der Waals surface area contributed by atoms with Crippen molar-refractivity contribution in [1.29, 1.82) is 0 Å². The number of hydrogen-bond donors (Lipinski definition) is 1. The van der Waals surface area contributed by atoms with Crippen molar-refractivity contribution in [2.45, 2.75) is 24.8 Å². The van der Waals surface area contributed by atoms with E-state index < -0.39 is 36.4 Å². The topological polar surface area (TPSA) is 92.8 Å². The van der Waals surface area contributed by atoms with Gasteiger partial charge in [0.05, 0.1) is 21.9 Å². The van der Waals surface area contributed by atoms with Crippen LogP contribution in [0.2, 0.25) is 10.0 Å². The summed E-state index contributed by atoms with van der Waals surface area (Å²) in [5, 5.41) is 3.17. The van der Waals surface area contributed by atoms with Gasteiger partial charge >= 0.3 is 5.97 Å². The zero-order chi connectivity index (χ0) is 26.7. The first-order valence-corrected chi connectivity index (χ1v) is 13.0. The van der Waals surface area contributed by atoms with Gasteiger partial charge in [0.25, 0.3) is 5.91 Å². The summed E-state index contributed by atoms with van der Waals surface area (Å²) >= 11 is 11.9. The molecule has 7 nitrogen and oxygen atoms in total. The fourth-order valence-corrected chi connectivity index (χ4v) is 6.51. The van der Waals surface area contributed by atoms with Gasteiger partial charge in [-0.05, 0) is 47.4 Å². The third-order valence-corrected chi connectivity index (χ3v) is 8.50. The van der Waals surface area contributed by atoms with Crippen LogP contribution in [0.1, 0.15) is 41.0 Å². The Bertz CT molecular complexity index is 1410. The number of rotatable bonds is 5. The molecule has 1 fully saturated rings.